The number of thiazole rings is 1. The van der Waals surface area contributed by atoms with E-state index in [4.69, 9.17) is 4.98 Å². The van der Waals surface area contributed by atoms with Crippen LogP contribution in [0, 0.1) is 0 Å². The Balaban J connectivity index is 1.22. The number of carbonyl (C=O) groups is 1. The third-order valence-corrected chi connectivity index (χ3v) is 6.99. The minimum absolute atomic E-state index is 0.227. The molecule has 2 aliphatic heterocycles. The Kier molecular flexibility index (Phi) is 4.29. The fourth-order valence-electron chi connectivity index (χ4n) is 4.42. The van der Waals surface area contributed by atoms with Gasteiger partial charge in [0.25, 0.3) is 0 Å². The maximum atomic E-state index is 11.9. The molecule has 6 nitrogen and oxygen atoms in total. The Bertz CT molecular complexity index is 789. The first-order valence-electron chi connectivity index (χ1n) is 9.80. The normalized spacial score (nSPS) is 23.8. The van der Waals surface area contributed by atoms with Crippen LogP contribution in [0.15, 0.2) is 12.4 Å². The first-order chi connectivity index (χ1) is 12.8. The van der Waals surface area contributed by atoms with E-state index in [0.717, 1.165) is 44.7 Å². The summed E-state index contributed by atoms with van der Waals surface area (Å²) in [4.78, 5) is 22.7. The Labute approximate surface area is 157 Å². The highest BCUT2D eigenvalue weighted by Crippen LogP contribution is 2.30. The lowest BCUT2D eigenvalue weighted by atomic mass is 10.0. The number of hydrogen-bond acceptors (Lipinski definition) is 5. The molecule has 7 heteroatoms. The summed E-state index contributed by atoms with van der Waals surface area (Å²) >= 11 is 1.92. The average molecular weight is 372 g/mol. The van der Waals surface area contributed by atoms with Gasteiger partial charge in [0.15, 0.2) is 0 Å². The molecule has 4 heterocycles. The van der Waals surface area contributed by atoms with E-state index in [1.165, 1.54) is 41.3 Å². The SMILES string of the molecule is O=C1CCCN1c1cnn(C2CCN(Cc3nc4c(s3)CCCC4)C2)c1. The molecule has 0 N–H and O–H groups in total. The Hall–Kier alpha value is -1.73. The summed E-state index contributed by atoms with van der Waals surface area (Å²) in [6, 6.07) is 0.399. The van der Waals surface area contributed by atoms with Gasteiger partial charge in [-0.2, -0.15) is 5.10 Å². The minimum atomic E-state index is 0.227. The monoisotopic (exact) mass is 371 g/mol. The van der Waals surface area contributed by atoms with Gasteiger partial charge in [-0.1, -0.05) is 0 Å². The number of aromatic nitrogens is 3. The van der Waals surface area contributed by atoms with E-state index in [-0.39, 0.29) is 5.91 Å². The first-order valence-corrected chi connectivity index (χ1v) is 10.6. The summed E-state index contributed by atoms with van der Waals surface area (Å²) in [6.07, 6.45) is 11.6. The van der Waals surface area contributed by atoms with Crippen molar-refractivity contribution in [2.75, 3.05) is 24.5 Å². The number of carbonyl (C=O) groups excluding carboxylic acids is 1. The van der Waals surface area contributed by atoms with Gasteiger partial charge in [0.1, 0.15) is 5.01 Å². The van der Waals surface area contributed by atoms with Gasteiger partial charge >= 0.3 is 0 Å². The Morgan fingerprint density at radius 1 is 1.15 bits per heavy atom. The van der Waals surface area contributed by atoms with Crippen molar-refractivity contribution in [2.45, 2.75) is 57.5 Å². The molecule has 3 aliphatic rings. The number of aryl methyl sites for hydroxylation is 2. The zero-order valence-electron chi connectivity index (χ0n) is 15.1. The highest BCUT2D eigenvalue weighted by atomic mass is 32.1. The molecule has 2 aromatic heterocycles. The van der Waals surface area contributed by atoms with Crippen LogP contribution in [0.4, 0.5) is 5.69 Å². The summed E-state index contributed by atoms with van der Waals surface area (Å²) in [6.45, 7) is 3.90. The molecule has 1 atom stereocenters. The Morgan fingerprint density at radius 2 is 2.08 bits per heavy atom. The Morgan fingerprint density at radius 3 is 2.92 bits per heavy atom. The molecule has 0 radical (unpaired) electrons. The lowest BCUT2D eigenvalue weighted by Gasteiger charge is -2.15. The molecule has 1 unspecified atom stereocenters. The molecule has 0 aromatic carbocycles. The van der Waals surface area contributed by atoms with Crippen LogP contribution < -0.4 is 4.90 Å². The first kappa shape index (κ1) is 16.4. The van der Waals surface area contributed by atoms with E-state index in [9.17, 15) is 4.79 Å². The molecule has 0 spiro atoms. The predicted octanol–water partition coefficient (Wildman–Crippen LogP) is 2.79. The van der Waals surface area contributed by atoms with Gasteiger partial charge < -0.3 is 4.90 Å². The molecule has 26 heavy (non-hydrogen) atoms. The van der Waals surface area contributed by atoms with Gasteiger partial charge in [0.2, 0.25) is 5.91 Å². The largest absolute Gasteiger partial charge is 0.309 e. The van der Waals surface area contributed by atoms with Crippen molar-refractivity contribution in [1.82, 2.24) is 19.7 Å². The third kappa shape index (κ3) is 3.07. The van der Waals surface area contributed by atoms with Gasteiger partial charge in [-0.15, -0.1) is 11.3 Å². The molecule has 1 aliphatic carbocycles. The third-order valence-electron chi connectivity index (χ3n) is 5.84. The standard InChI is InChI=1S/C19H25N5OS/c25-19-6-3-8-23(19)15-10-20-24(12-15)14-7-9-22(11-14)13-18-21-16-4-1-2-5-17(16)26-18/h10,12,14H,1-9,11,13H2. The number of anilines is 1. The quantitative estimate of drug-likeness (QED) is 0.829. The number of fused-ring (bicyclic) bond motifs is 1. The number of nitrogens with zero attached hydrogens (tertiary/aromatic N) is 5. The summed E-state index contributed by atoms with van der Waals surface area (Å²) in [5.74, 6) is 0.227. The summed E-state index contributed by atoms with van der Waals surface area (Å²) in [5.41, 5.74) is 2.32. The maximum absolute atomic E-state index is 11.9. The van der Waals surface area contributed by atoms with Crippen molar-refractivity contribution in [3.8, 4) is 0 Å². The van der Waals surface area contributed by atoms with Crippen LogP contribution >= 0.6 is 11.3 Å². The molecular formula is C19H25N5OS. The van der Waals surface area contributed by atoms with Crippen LogP contribution in [-0.2, 0) is 24.2 Å². The fraction of sp³-hybridized carbons (Fsp3) is 0.632. The smallest absolute Gasteiger partial charge is 0.227 e. The summed E-state index contributed by atoms with van der Waals surface area (Å²) < 4.78 is 2.06. The van der Waals surface area contributed by atoms with E-state index in [1.807, 2.05) is 22.4 Å². The zero-order valence-corrected chi connectivity index (χ0v) is 15.9. The fourth-order valence-corrected chi connectivity index (χ4v) is 5.62. The van der Waals surface area contributed by atoms with E-state index in [1.54, 1.807) is 0 Å². The topological polar surface area (TPSA) is 54.3 Å². The molecule has 138 valence electrons. The van der Waals surface area contributed by atoms with Crippen LogP contribution in [0.3, 0.4) is 0 Å². The molecular weight excluding hydrogens is 346 g/mol. The van der Waals surface area contributed by atoms with E-state index in [2.05, 4.69) is 20.9 Å². The van der Waals surface area contributed by atoms with Crippen molar-refractivity contribution < 1.29 is 4.79 Å². The molecule has 2 aromatic rings. The second-order valence-electron chi connectivity index (χ2n) is 7.69. The van der Waals surface area contributed by atoms with Crippen molar-refractivity contribution >= 4 is 22.9 Å². The summed E-state index contributed by atoms with van der Waals surface area (Å²) in [5, 5.41) is 5.83. The van der Waals surface area contributed by atoms with Crippen molar-refractivity contribution in [3.05, 3.63) is 28.0 Å². The lowest BCUT2D eigenvalue weighted by Crippen LogP contribution is -2.23. The minimum Gasteiger partial charge on any atom is -0.309 e. The zero-order chi connectivity index (χ0) is 17.5. The molecule has 2 fully saturated rings. The highest BCUT2D eigenvalue weighted by molar-refractivity contribution is 7.11. The van der Waals surface area contributed by atoms with Crippen molar-refractivity contribution in [3.63, 3.8) is 0 Å². The molecule has 5 rings (SSSR count). The van der Waals surface area contributed by atoms with Crippen LogP contribution in [-0.4, -0.2) is 45.2 Å². The van der Waals surface area contributed by atoms with Crippen LogP contribution in [0.1, 0.15) is 53.7 Å². The molecule has 2 saturated heterocycles. The number of amides is 1. The lowest BCUT2D eigenvalue weighted by molar-refractivity contribution is -0.117. The van der Waals surface area contributed by atoms with Crippen LogP contribution in [0.2, 0.25) is 0 Å². The molecule has 0 bridgehead atoms. The van der Waals surface area contributed by atoms with E-state index < -0.39 is 0 Å². The van der Waals surface area contributed by atoms with E-state index in [0.29, 0.717) is 12.5 Å². The number of likely N-dealkylation sites (tertiary alicyclic amines) is 1. The maximum Gasteiger partial charge on any atom is 0.227 e. The summed E-state index contributed by atoms with van der Waals surface area (Å²) in [7, 11) is 0. The van der Waals surface area contributed by atoms with Gasteiger partial charge in [0, 0.05) is 37.1 Å². The van der Waals surface area contributed by atoms with Gasteiger partial charge in [-0.25, -0.2) is 4.98 Å². The van der Waals surface area contributed by atoms with Gasteiger partial charge in [0.05, 0.1) is 30.2 Å². The highest BCUT2D eigenvalue weighted by Gasteiger charge is 2.28. The van der Waals surface area contributed by atoms with Crippen molar-refractivity contribution in [2.24, 2.45) is 0 Å². The average Bonchev–Trinajstić information content (AvgIpc) is 3.40. The van der Waals surface area contributed by atoms with Crippen LogP contribution in [0.5, 0.6) is 0 Å². The predicted molar refractivity (Wildman–Crippen MR) is 102 cm³/mol. The van der Waals surface area contributed by atoms with Gasteiger partial charge in [-0.3, -0.25) is 14.4 Å². The van der Waals surface area contributed by atoms with Gasteiger partial charge in [-0.05, 0) is 38.5 Å². The molecule has 1 amide bonds. The number of rotatable bonds is 4. The second kappa shape index (κ2) is 6.78. The second-order valence-corrected chi connectivity index (χ2v) is 8.86. The number of hydrogen-bond donors (Lipinski definition) is 0. The van der Waals surface area contributed by atoms with E-state index >= 15 is 0 Å². The molecule has 0 saturated carbocycles. The van der Waals surface area contributed by atoms with Crippen LogP contribution in [0.25, 0.3) is 0 Å². The van der Waals surface area contributed by atoms with Crippen molar-refractivity contribution in [1.29, 1.82) is 0 Å².